The Hall–Kier alpha value is -1.59. The molecule has 1 aromatic carbocycles. The molecule has 0 saturated carbocycles. The SMILES string of the molecule is CCC(C)(CCO)NC(=O)CCN1CCN(c2ccccc2)CC1. The number of aliphatic hydroxyl groups excluding tert-OH is 1. The van der Waals surface area contributed by atoms with Gasteiger partial charge in [-0.05, 0) is 31.9 Å². The van der Waals surface area contributed by atoms with Crippen LogP contribution in [0.15, 0.2) is 30.3 Å². The van der Waals surface area contributed by atoms with Crippen molar-refractivity contribution in [3.05, 3.63) is 30.3 Å². The first-order chi connectivity index (χ1) is 11.6. The standard InChI is InChI=1S/C19H31N3O2/c1-3-19(2,10-16-23)20-18(24)9-11-21-12-14-22(15-13-21)17-7-5-4-6-8-17/h4-8,23H,3,9-16H2,1-2H3,(H,20,24). The van der Waals surface area contributed by atoms with E-state index in [0.717, 1.165) is 39.1 Å². The highest BCUT2D eigenvalue weighted by molar-refractivity contribution is 5.76. The van der Waals surface area contributed by atoms with Crippen LogP contribution in [-0.2, 0) is 4.79 Å². The molecule has 1 unspecified atom stereocenters. The molecular weight excluding hydrogens is 302 g/mol. The zero-order valence-electron chi connectivity index (χ0n) is 15.0. The van der Waals surface area contributed by atoms with Gasteiger partial charge in [-0.25, -0.2) is 0 Å². The van der Waals surface area contributed by atoms with E-state index in [1.165, 1.54) is 5.69 Å². The van der Waals surface area contributed by atoms with Gasteiger partial charge in [0.2, 0.25) is 5.91 Å². The first-order valence-electron chi connectivity index (χ1n) is 9.00. The Bertz CT molecular complexity index is 501. The molecule has 24 heavy (non-hydrogen) atoms. The summed E-state index contributed by atoms with van der Waals surface area (Å²) in [5, 5.41) is 12.2. The Balaban J connectivity index is 1.71. The third-order valence-corrected chi connectivity index (χ3v) is 5.03. The van der Waals surface area contributed by atoms with Gasteiger partial charge in [0, 0.05) is 57.0 Å². The van der Waals surface area contributed by atoms with Gasteiger partial charge in [-0.3, -0.25) is 9.69 Å². The van der Waals surface area contributed by atoms with E-state index >= 15 is 0 Å². The minimum Gasteiger partial charge on any atom is -0.396 e. The fraction of sp³-hybridized carbons (Fsp3) is 0.632. The molecule has 1 aliphatic heterocycles. The minimum atomic E-state index is -0.294. The molecule has 1 aromatic rings. The van der Waals surface area contributed by atoms with Gasteiger partial charge in [-0.2, -0.15) is 0 Å². The third-order valence-electron chi connectivity index (χ3n) is 5.03. The van der Waals surface area contributed by atoms with Gasteiger partial charge in [0.1, 0.15) is 0 Å². The van der Waals surface area contributed by atoms with Crippen LogP contribution in [0.5, 0.6) is 0 Å². The lowest BCUT2D eigenvalue weighted by molar-refractivity contribution is -0.123. The summed E-state index contributed by atoms with van der Waals surface area (Å²) in [4.78, 5) is 16.9. The number of para-hydroxylation sites is 1. The van der Waals surface area contributed by atoms with Gasteiger partial charge in [-0.15, -0.1) is 0 Å². The fourth-order valence-electron chi connectivity index (χ4n) is 3.10. The molecule has 1 fully saturated rings. The van der Waals surface area contributed by atoms with E-state index in [-0.39, 0.29) is 18.1 Å². The Labute approximate surface area is 145 Å². The van der Waals surface area contributed by atoms with E-state index in [0.29, 0.717) is 12.8 Å². The maximum Gasteiger partial charge on any atom is 0.221 e. The minimum absolute atomic E-state index is 0.0817. The van der Waals surface area contributed by atoms with Crippen LogP contribution in [-0.4, -0.2) is 60.8 Å². The number of carbonyl (C=O) groups is 1. The van der Waals surface area contributed by atoms with E-state index in [1.807, 2.05) is 19.9 Å². The van der Waals surface area contributed by atoms with Crippen molar-refractivity contribution in [3.8, 4) is 0 Å². The summed E-state index contributed by atoms with van der Waals surface area (Å²) in [6.45, 7) is 8.93. The number of amides is 1. The van der Waals surface area contributed by atoms with Crippen LogP contribution in [0.3, 0.4) is 0 Å². The molecule has 5 heteroatoms. The van der Waals surface area contributed by atoms with Crippen molar-refractivity contribution in [1.82, 2.24) is 10.2 Å². The van der Waals surface area contributed by atoms with E-state index in [4.69, 9.17) is 5.11 Å². The monoisotopic (exact) mass is 333 g/mol. The lowest BCUT2D eigenvalue weighted by Gasteiger charge is -2.36. The summed E-state index contributed by atoms with van der Waals surface area (Å²) < 4.78 is 0. The van der Waals surface area contributed by atoms with Crippen molar-refractivity contribution in [2.75, 3.05) is 44.2 Å². The molecule has 0 aromatic heterocycles. The second-order valence-corrected chi connectivity index (χ2v) is 6.85. The Kier molecular flexibility index (Phi) is 7.06. The average Bonchev–Trinajstić information content (AvgIpc) is 2.61. The number of hydrogen-bond donors (Lipinski definition) is 2. The maximum absolute atomic E-state index is 12.2. The van der Waals surface area contributed by atoms with Crippen LogP contribution in [0, 0.1) is 0 Å². The van der Waals surface area contributed by atoms with Crippen LogP contribution < -0.4 is 10.2 Å². The highest BCUT2D eigenvalue weighted by Gasteiger charge is 2.24. The number of nitrogens with zero attached hydrogens (tertiary/aromatic N) is 2. The highest BCUT2D eigenvalue weighted by Crippen LogP contribution is 2.16. The molecule has 134 valence electrons. The van der Waals surface area contributed by atoms with Crippen LogP contribution >= 0.6 is 0 Å². The normalized spacial score (nSPS) is 18.2. The molecule has 1 saturated heterocycles. The Morgan fingerprint density at radius 2 is 1.88 bits per heavy atom. The van der Waals surface area contributed by atoms with E-state index < -0.39 is 0 Å². The predicted octanol–water partition coefficient (Wildman–Crippen LogP) is 1.87. The molecule has 0 aliphatic carbocycles. The molecule has 1 heterocycles. The highest BCUT2D eigenvalue weighted by atomic mass is 16.3. The number of benzene rings is 1. The van der Waals surface area contributed by atoms with Crippen LogP contribution in [0.25, 0.3) is 0 Å². The predicted molar refractivity (Wildman–Crippen MR) is 98.3 cm³/mol. The number of aliphatic hydroxyl groups is 1. The molecule has 2 rings (SSSR count). The summed E-state index contributed by atoms with van der Waals surface area (Å²) in [6.07, 6.45) is 1.95. The Morgan fingerprint density at radius 3 is 2.46 bits per heavy atom. The number of hydrogen-bond acceptors (Lipinski definition) is 4. The van der Waals surface area contributed by atoms with Gasteiger partial charge in [0.15, 0.2) is 0 Å². The smallest absolute Gasteiger partial charge is 0.221 e. The lowest BCUT2D eigenvalue weighted by Crippen LogP contribution is -2.49. The van der Waals surface area contributed by atoms with Crippen molar-refractivity contribution in [1.29, 1.82) is 0 Å². The zero-order valence-corrected chi connectivity index (χ0v) is 15.0. The molecule has 0 bridgehead atoms. The first kappa shape index (κ1) is 18.7. The van der Waals surface area contributed by atoms with E-state index in [2.05, 4.69) is 39.4 Å². The molecule has 0 radical (unpaired) electrons. The van der Waals surface area contributed by atoms with Gasteiger partial charge >= 0.3 is 0 Å². The summed E-state index contributed by atoms with van der Waals surface area (Å²) in [7, 11) is 0. The molecule has 2 N–H and O–H groups in total. The van der Waals surface area contributed by atoms with Crippen LogP contribution in [0.4, 0.5) is 5.69 Å². The fourth-order valence-corrected chi connectivity index (χ4v) is 3.10. The largest absolute Gasteiger partial charge is 0.396 e. The van der Waals surface area contributed by atoms with Crippen molar-refractivity contribution in [2.24, 2.45) is 0 Å². The van der Waals surface area contributed by atoms with Crippen LogP contribution in [0.2, 0.25) is 0 Å². The van der Waals surface area contributed by atoms with Gasteiger partial charge in [-0.1, -0.05) is 25.1 Å². The lowest BCUT2D eigenvalue weighted by atomic mass is 9.94. The van der Waals surface area contributed by atoms with E-state index in [1.54, 1.807) is 0 Å². The number of nitrogens with one attached hydrogen (secondary N) is 1. The number of rotatable bonds is 8. The second kappa shape index (κ2) is 9.04. The van der Waals surface area contributed by atoms with Gasteiger partial charge < -0.3 is 15.3 Å². The van der Waals surface area contributed by atoms with Crippen molar-refractivity contribution >= 4 is 11.6 Å². The maximum atomic E-state index is 12.2. The van der Waals surface area contributed by atoms with Crippen molar-refractivity contribution in [3.63, 3.8) is 0 Å². The molecule has 5 nitrogen and oxygen atoms in total. The molecule has 1 atom stereocenters. The summed E-state index contributed by atoms with van der Waals surface area (Å²) in [5.41, 5.74) is 0.982. The topological polar surface area (TPSA) is 55.8 Å². The summed E-state index contributed by atoms with van der Waals surface area (Å²) >= 11 is 0. The van der Waals surface area contributed by atoms with Crippen LogP contribution in [0.1, 0.15) is 33.1 Å². The van der Waals surface area contributed by atoms with Crippen molar-refractivity contribution in [2.45, 2.75) is 38.6 Å². The van der Waals surface area contributed by atoms with Gasteiger partial charge in [0.25, 0.3) is 0 Å². The summed E-state index contributed by atoms with van der Waals surface area (Å²) in [5.74, 6) is 0.0817. The van der Waals surface area contributed by atoms with E-state index in [9.17, 15) is 4.79 Å². The van der Waals surface area contributed by atoms with Gasteiger partial charge in [0.05, 0.1) is 0 Å². The zero-order chi connectivity index (χ0) is 17.4. The number of anilines is 1. The summed E-state index contributed by atoms with van der Waals surface area (Å²) in [6, 6.07) is 10.5. The third kappa shape index (κ3) is 5.49. The Morgan fingerprint density at radius 1 is 1.21 bits per heavy atom. The number of carbonyl (C=O) groups excluding carboxylic acids is 1. The van der Waals surface area contributed by atoms with Crippen molar-refractivity contribution < 1.29 is 9.90 Å². The first-order valence-corrected chi connectivity index (χ1v) is 9.00. The molecule has 0 spiro atoms. The molecule has 1 aliphatic rings. The second-order valence-electron chi connectivity index (χ2n) is 6.85. The quantitative estimate of drug-likeness (QED) is 0.762. The molecule has 1 amide bonds. The average molecular weight is 333 g/mol. The number of piperazine rings is 1. The molecular formula is C19H31N3O2.